The molecule has 1 fully saturated rings. The molecule has 0 bridgehead atoms. The maximum Gasteiger partial charge on any atom is 0.137 e. The highest BCUT2D eigenvalue weighted by atomic mass is 35.5. The summed E-state index contributed by atoms with van der Waals surface area (Å²) in [5.74, 6) is 0.709. The SMILES string of the molecule is CCC1(C(Cl)c2ccc(OC)c(Cl)c2)CCCC1. The van der Waals surface area contributed by atoms with Gasteiger partial charge >= 0.3 is 0 Å². The van der Waals surface area contributed by atoms with Gasteiger partial charge in [-0.1, -0.05) is 37.4 Å². The fourth-order valence-electron chi connectivity index (χ4n) is 3.06. The Labute approximate surface area is 119 Å². The average Bonchev–Trinajstić information content (AvgIpc) is 2.87. The molecule has 1 atom stereocenters. The van der Waals surface area contributed by atoms with E-state index >= 15 is 0 Å². The molecule has 1 nitrogen and oxygen atoms in total. The minimum atomic E-state index is 0.0495. The lowest BCUT2D eigenvalue weighted by Crippen LogP contribution is -2.21. The van der Waals surface area contributed by atoms with Crippen LogP contribution in [0.4, 0.5) is 0 Å². The first kappa shape index (κ1) is 14.0. The Morgan fingerprint density at radius 2 is 2.00 bits per heavy atom. The first-order valence-electron chi connectivity index (χ1n) is 6.60. The monoisotopic (exact) mass is 286 g/mol. The molecule has 0 spiro atoms. The van der Waals surface area contributed by atoms with Crippen molar-refractivity contribution in [1.82, 2.24) is 0 Å². The second-order valence-electron chi connectivity index (χ2n) is 5.18. The number of benzene rings is 1. The van der Waals surface area contributed by atoms with Crippen LogP contribution in [0, 0.1) is 5.41 Å². The van der Waals surface area contributed by atoms with Crippen LogP contribution in [0.15, 0.2) is 18.2 Å². The average molecular weight is 287 g/mol. The van der Waals surface area contributed by atoms with Crippen LogP contribution in [-0.2, 0) is 0 Å². The van der Waals surface area contributed by atoms with E-state index in [-0.39, 0.29) is 10.8 Å². The highest BCUT2D eigenvalue weighted by Crippen LogP contribution is 2.53. The third-order valence-electron chi connectivity index (χ3n) is 4.31. The van der Waals surface area contributed by atoms with Gasteiger partial charge in [0, 0.05) is 0 Å². The summed E-state index contributed by atoms with van der Waals surface area (Å²) < 4.78 is 5.18. The van der Waals surface area contributed by atoms with Gasteiger partial charge in [0.2, 0.25) is 0 Å². The van der Waals surface area contributed by atoms with Crippen LogP contribution in [0.25, 0.3) is 0 Å². The standard InChI is InChI=1S/C15H20Cl2O/c1-3-15(8-4-5-9-15)14(17)11-6-7-13(18-2)12(16)10-11/h6-7,10,14H,3-5,8-9H2,1-2H3. The van der Waals surface area contributed by atoms with Crippen molar-refractivity contribution >= 4 is 23.2 Å². The zero-order chi connectivity index (χ0) is 13.2. The van der Waals surface area contributed by atoms with E-state index in [1.807, 2.05) is 18.2 Å². The van der Waals surface area contributed by atoms with E-state index in [0.717, 1.165) is 12.0 Å². The summed E-state index contributed by atoms with van der Waals surface area (Å²) in [5.41, 5.74) is 1.37. The van der Waals surface area contributed by atoms with Gasteiger partial charge in [0.1, 0.15) is 5.75 Å². The largest absolute Gasteiger partial charge is 0.495 e. The molecule has 1 aliphatic rings. The molecule has 1 unspecified atom stereocenters. The van der Waals surface area contributed by atoms with Gasteiger partial charge in [0.15, 0.2) is 0 Å². The molecule has 0 saturated heterocycles. The van der Waals surface area contributed by atoms with Crippen molar-refractivity contribution in [2.45, 2.75) is 44.4 Å². The van der Waals surface area contributed by atoms with Crippen LogP contribution < -0.4 is 4.74 Å². The maximum absolute atomic E-state index is 6.74. The fraction of sp³-hybridized carbons (Fsp3) is 0.600. The number of alkyl halides is 1. The summed E-state index contributed by atoms with van der Waals surface area (Å²) >= 11 is 12.9. The summed E-state index contributed by atoms with van der Waals surface area (Å²) in [4.78, 5) is 0. The second-order valence-corrected chi connectivity index (χ2v) is 6.02. The topological polar surface area (TPSA) is 9.23 Å². The molecule has 0 heterocycles. The molecule has 0 aliphatic heterocycles. The fourth-order valence-corrected chi connectivity index (χ4v) is 3.83. The maximum atomic E-state index is 6.74. The highest BCUT2D eigenvalue weighted by Gasteiger charge is 2.39. The molecule has 0 N–H and O–H groups in total. The van der Waals surface area contributed by atoms with E-state index in [9.17, 15) is 0 Å². The van der Waals surface area contributed by atoms with Crippen LogP contribution in [0.5, 0.6) is 5.75 Å². The number of rotatable bonds is 4. The Morgan fingerprint density at radius 1 is 1.33 bits per heavy atom. The lowest BCUT2D eigenvalue weighted by Gasteiger charge is -2.33. The van der Waals surface area contributed by atoms with Gasteiger partial charge in [0.05, 0.1) is 17.5 Å². The molecule has 0 radical (unpaired) electrons. The van der Waals surface area contributed by atoms with Crippen LogP contribution in [0.2, 0.25) is 5.02 Å². The van der Waals surface area contributed by atoms with E-state index in [2.05, 4.69) is 6.92 Å². The molecule has 1 saturated carbocycles. The van der Waals surface area contributed by atoms with Crippen molar-refractivity contribution in [3.63, 3.8) is 0 Å². The molecule has 3 heteroatoms. The Balaban J connectivity index is 2.27. The molecule has 1 aromatic rings. The Hall–Kier alpha value is -0.400. The van der Waals surface area contributed by atoms with Crippen LogP contribution in [0.3, 0.4) is 0 Å². The molecule has 0 amide bonds. The number of hydrogen-bond acceptors (Lipinski definition) is 1. The quantitative estimate of drug-likeness (QED) is 0.655. The Bertz CT molecular complexity index is 411. The first-order valence-corrected chi connectivity index (χ1v) is 7.42. The number of methoxy groups -OCH3 is 1. The number of halogens is 2. The van der Waals surface area contributed by atoms with E-state index < -0.39 is 0 Å². The van der Waals surface area contributed by atoms with Crippen LogP contribution in [0.1, 0.15) is 50.0 Å². The van der Waals surface area contributed by atoms with Crippen LogP contribution in [-0.4, -0.2) is 7.11 Å². The summed E-state index contributed by atoms with van der Waals surface area (Å²) in [7, 11) is 1.63. The normalized spacial score (nSPS) is 19.8. The van der Waals surface area contributed by atoms with Crippen molar-refractivity contribution in [1.29, 1.82) is 0 Å². The molecule has 1 aliphatic carbocycles. The smallest absolute Gasteiger partial charge is 0.137 e. The number of ether oxygens (including phenoxy) is 1. The lowest BCUT2D eigenvalue weighted by atomic mass is 9.77. The summed E-state index contributed by atoms with van der Waals surface area (Å²) in [6.45, 7) is 2.24. The van der Waals surface area contributed by atoms with Gasteiger partial charge in [-0.2, -0.15) is 0 Å². The van der Waals surface area contributed by atoms with E-state index in [1.165, 1.54) is 25.7 Å². The van der Waals surface area contributed by atoms with Gasteiger partial charge in [-0.25, -0.2) is 0 Å². The molecule has 0 aromatic heterocycles. The van der Waals surface area contributed by atoms with Crippen molar-refractivity contribution in [2.75, 3.05) is 7.11 Å². The van der Waals surface area contributed by atoms with Crippen molar-refractivity contribution < 1.29 is 4.74 Å². The third kappa shape index (κ3) is 2.48. The molecule has 1 aromatic carbocycles. The van der Waals surface area contributed by atoms with E-state index in [1.54, 1.807) is 7.11 Å². The number of hydrogen-bond donors (Lipinski definition) is 0. The summed E-state index contributed by atoms with van der Waals surface area (Å²) in [6, 6.07) is 5.90. The summed E-state index contributed by atoms with van der Waals surface area (Å²) in [6.07, 6.45) is 6.16. The van der Waals surface area contributed by atoms with Gasteiger partial charge < -0.3 is 4.74 Å². The van der Waals surface area contributed by atoms with E-state index in [0.29, 0.717) is 10.8 Å². The molecule has 100 valence electrons. The highest BCUT2D eigenvalue weighted by molar-refractivity contribution is 6.32. The zero-order valence-corrected chi connectivity index (χ0v) is 12.5. The van der Waals surface area contributed by atoms with Gasteiger partial charge in [-0.05, 0) is 42.4 Å². The summed E-state index contributed by atoms with van der Waals surface area (Å²) in [5, 5.41) is 0.693. The van der Waals surface area contributed by atoms with Crippen LogP contribution >= 0.6 is 23.2 Å². The predicted molar refractivity (Wildman–Crippen MR) is 77.8 cm³/mol. The van der Waals surface area contributed by atoms with Gasteiger partial charge in [-0.15, -0.1) is 11.6 Å². The lowest BCUT2D eigenvalue weighted by molar-refractivity contribution is 0.271. The molecule has 2 rings (SSSR count). The minimum Gasteiger partial charge on any atom is -0.495 e. The molecular weight excluding hydrogens is 267 g/mol. The predicted octanol–water partition coefficient (Wildman–Crippen LogP) is 5.60. The van der Waals surface area contributed by atoms with E-state index in [4.69, 9.17) is 27.9 Å². The Kier molecular flexibility index (Phi) is 4.45. The van der Waals surface area contributed by atoms with Gasteiger partial charge in [-0.3, -0.25) is 0 Å². The third-order valence-corrected chi connectivity index (χ3v) is 5.32. The van der Waals surface area contributed by atoms with Crippen molar-refractivity contribution in [2.24, 2.45) is 5.41 Å². The first-order chi connectivity index (χ1) is 8.63. The van der Waals surface area contributed by atoms with Crippen molar-refractivity contribution in [3.05, 3.63) is 28.8 Å². The Morgan fingerprint density at radius 3 is 2.50 bits per heavy atom. The molecular formula is C15H20Cl2O. The molecule has 18 heavy (non-hydrogen) atoms. The second kappa shape index (κ2) is 5.71. The zero-order valence-electron chi connectivity index (χ0n) is 11.0. The minimum absolute atomic E-state index is 0.0495. The van der Waals surface area contributed by atoms with Crippen molar-refractivity contribution in [3.8, 4) is 5.75 Å². The van der Waals surface area contributed by atoms with Gasteiger partial charge in [0.25, 0.3) is 0 Å².